The molecule has 1 atom stereocenters. The molecule has 0 radical (unpaired) electrons. The molecule has 1 unspecified atom stereocenters. The van der Waals surface area contributed by atoms with Crippen molar-refractivity contribution in [3.8, 4) is 5.88 Å². The van der Waals surface area contributed by atoms with Crippen molar-refractivity contribution in [2.45, 2.75) is 30.2 Å². The quantitative estimate of drug-likeness (QED) is 0.766. The third kappa shape index (κ3) is 2.70. The van der Waals surface area contributed by atoms with E-state index >= 15 is 0 Å². The normalized spacial score (nSPS) is 18.6. The average Bonchev–Trinajstić information content (AvgIpc) is 3.18. The van der Waals surface area contributed by atoms with Crippen LogP contribution in [0.15, 0.2) is 59.5 Å². The Morgan fingerprint density at radius 2 is 1.77 bits per heavy atom. The standard InChI is InChI=1S/C20H22N2O3S/c1-21-13-7-8-15(21)14-18-17-11-5-6-12-19(17)22(20(18)23)26(24,25)16-9-3-2-4-10-16/h2-6,9-12,15,23H,7-8,13-14H2,1H3. The van der Waals surface area contributed by atoms with Crippen molar-refractivity contribution in [1.29, 1.82) is 0 Å². The lowest BCUT2D eigenvalue weighted by molar-refractivity contribution is 0.307. The van der Waals surface area contributed by atoms with Crippen molar-refractivity contribution in [2.75, 3.05) is 13.6 Å². The molecule has 2 heterocycles. The van der Waals surface area contributed by atoms with Gasteiger partial charge in [-0.1, -0.05) is 36.4 Å². The molecule has 0 bridgehead atoms. The molecule has 0 amide bonds. The van der Waals surface area contributed by atoms with E-state index in [9.17, 15) is 13.5 Å². The number of fused-ring (bicyclic) bond motifs is 1. The molecule has 0 aliphatic carbocycles. The van der Waals surface area contributed by atoms with E-state index in [1.807, 2.05) is 12.1 Å². The smallest absolute Gasteiger partial charge is 0.271 e. The first-order valence-electron chi connectivity index (χ1n) is 8.82. The second-order valence-electron chi connectivity index (χ2n) is 6.88. The van der Waals surface area contributed by atoms with Gasteiger partial charge in [0.2, 0.25) is 5.88 Å². The van der Waals surface area contributed by atoms with Crippen LogP contribution in [0.5, 0.6) is 5.88 Å². The molecular weight excluding hydrogens is 348 g/mol. The summed E-state index contributed by atoms with van der Waals surface area (Å²) in [5, 5.41) is 11.7. The number of likely N-dealkylation sites (tertiary alicyclic amines) is 1. The minimum atomic E-state index is -3.87. The summed E-state index contributed by atoms with van der Waals surface area (Å²) in [5.41, 5.74) is 1.23. The summed E-state index contributed by atoms with van der Waals surface area (Å²) in [6, 6.07) is 15.9. The van der Waals surface area contributed by atoms with Crippen LogP contribution in [-0.4, -0.2) is 42.0 Å². The Bertz CT molecular complexity index is 1040. The van der Waals surface area contributed by atoms with Crippen molar-refractivity contribution < 1.29 is 13.5 Å². The van der Waals surface area contributed by atoms with E-state index in [1.54, 1.807) is 42.5 Å². The number of likely N-dealkylation sites (N-methyl/N-ethyl adjacent to an activating group) is 1. The van der Waals surface area contributed by atoms with Gasteiger partial charge >= 0.3 is 0 Å². The molecule has 3 aromatic rings. The van der Waals surface area contributed by atoms with Gasteiger partial charge in [0.25, 0.3) is 10.0 Å². The van der Waals surface area contributed by atoms with Crippen molar-refractivity contribution in [1.82, 2.24) is 8.87 Å². The topological polar surface area (TPSA) is 62.5 Å². The third-order valence-corrected chi connectivity index (χ3v) is 7.02. The van der Waals surface area contributed by atoms with Gasteiger partial charge in [0.15, 0.2) is 0 Å². The van der Waals surface area contributed by atoms with Gasteiger partial charge in [-0.2, -0.15) is 0 Å². The zero-order valence-electron chi connectivity index (χ0n) is 14.7. The molecule has 1 fully saturated rings. The van der Waals surface area contributed by atoms with Crippen LogP contribution in [0.25, 0.3) is 10.9 Å². The fourth-order valence-corrected chi connectivity index (χ4v) is 5.35. The number of para-hydroxylation sites is 1. The zero-order valence-corrected chi connectivity index (χ0v) is 15.5. The minimum Gasteiger partial charge on any atom is -0.494 e. The molecule has 136 valence electrons. The van der Waals surface area contributed by atoms with Crippen molar-refractivity contribution in [3.63, 3.8) is 0 Å². The Kier molecular flexibility index (Phi) is 4.25. The summed E-state index contributed by atoms with van der Waals surface area (Å²) in [4.78, 5) is 2.44. The molecule has 0 saturated carbocycles. The predicted octanol–water partition coefficient (Wildman–Crippen LogP) is 3.22. The Balaban J connectivity index is 1.90. The van der Waals surface area contributed by atoms with Crippen LogP contribution in [-0.2, 0) is 16.4 Å². The molecule has 6 heteroatoms. The zero-order chi connectivity index (χ0) is 18.3. The van der Waals surface area contributed by atoms with Crippen LogP contribution in [0.1, 0.15) is 18.4 Å². The van der Waals surface area contributed by atoms with E-state index < -0.39 is 10.0 Å². The number of aromatic nitrogens is 1. The fourth-order valence-electron chi connectivity index (χ4n) is 3.88. The molecule has 1 aliphatic rings. The Morgan fingerprint density at radius 3 is 2.46 bits per heavy atom. The van der Waals surface area contributed by atoms with E-state index in [1.165, 1.54) is 0 Å². The highest BCUT2D eigenvalue weighted by Crippen LogP contribution is 2.36. The van der Waals surface area contributed by atoms with Gasteiger partial charge in [0, 0.05) is 17.0 Å². The number of hydrogen-bond donors (Lipinski definition) is 1. The summed E-state index contributed by atoms with van der Waals surface area (Å²) >= 11 is 0. The molecule has 1 N–H and O–H groups in total. The Labute approximate surface area is 153 Å². The molecule has 4 rings (SSSR count). The Morgan fingerprint density at radius 1 is 1.08 bits per heavy atom. The molecule has 1 aromatic heterocycles. The Hall–Kier alpha value is -2.31. The number of rotatable bonds is 4. The molecule has 1 aliphatic heterocycles. The van der Waals surface area contributed by atoms with Crippen LogP contribution in [0.2, 0.25) is 0 Å². The second-order valence-corrected chi connectivity index (χ2v) is 8.67. The first-order valence-corrected chi connectivity index (χ1v) is 10.3. The van der Waals surface area contributed by atoms with Gasteiger partial charge in [-0.25, -0.2) is 12.4 Å². The minimum absolute atomic E-state index is 0.167. The van der Waals surface area contributed by atoms with Crippen molar-refractivity contribution in [3.05, 3.63) is 60.2 Å². The van der Waals surface area contributed by atoms with Crippen molar-refractivity contribution in [2.24, 2.45) is 0 Å². The monoisotopic (exact) mass is 370 g/mol. The maximum Gasteiger partial charge on any atom is 0.271 e. The summed E-state index contributed by atoms with van der Waals surface area (Å²) in [6.07, 6.45) is 2.82. The number of aromatic hydroxyl groups is 1. The summed E-state index contributed by atoms with van der Waals surface area (Å²) < 4.78 is 27.4. The van der Waals surface area contributed by atoms with Gasteiger partial charge in [-0.05, 0) is 51.1 Å². The van der Waals surface area contributed by atoms with Crippen LogP contribution >= 0.6 is 0 Å². The van der Waals surface area contributed by atoms with E-state index in [4.69, 9.17) is 0 Å². The van der Waals surface area contributed by atoms with Gasteiger partial charge in [0.1, 0.15) is 0 Å². The van der Waals surface area contributed by atoms with E-state index in [-0.39, 0.29) is 10.8 Å². The lowest BCUT2D eigenvalue weighted by Crippen LogP contribution is -2.26. The molecule has 0 spiro atoms. The number of benzene rings is 2. The van der Waals surface area contributed by atoms with Crippen LogP contribution in [0.3, 0.4) is 0 Å². The van der Waals surface area contributed by atoms with Crippen molar-refractivity contribution >= 4 is 20.9 Å². The third-order valence-electron chi connectivity index (χ3n) is 5.30. The molecule has 2 aromatic carbocycles. The van der Waals surface area contributed by atoms with Gasteiger partial charge in [-0.3, -0.25) is 0 Å². The second kappa shape index (κ2) is 6.45. The van der Waals surface area contributed by atoms with E-state index in [0.717, 1.165) is 28.7 Å². The van der Waals surface area contributed by atoms with Gasteiger partial charge in [-0.15, -0.1) is 0 Å². The number of nitrogens with zero attached hydrogens (tertiary/aromatic N) is 2. The molecular formula is C20H22N2O3S. The first kappa shape index (κ1) is 17.1. The highest BCUT2D eigenvalue weighted by atomic mass is 32.2. The lowest BCUT2D eigenvalue weighted by atomic mass is 10.0. The summed E-state index contributed by atoms with van der Waals surface area (Å²) in [7, 11) is -1.79. The lowest BCUT2D eigenvalue weighted by Gasteiger charge is -2.19. The predicted molar refractivity (Wildman–Crippen MR) is 102 cm³/mol. The fraction of sp³-hybridized carbons (Fsp3) is 0.300. The largest absolute Gasteiger partial charge is 0.494 e. The highest BCUT2D eigenvalue weighted by Gasteiger charge is 2.29. The van der Waals surface area contributed by atoms with Crippen LogP contribution in [0.4, 0.5) is 0 Å². The summed E-state index contributed by atoms with van der Waals surface area (Å²) in [6.45, 7) is 1.03. The molecule has 5 nitrogen and oxygen atoms in total. The average molecular weight is 370 g/mol. The van der Waals surface area contributed by atoms with Crippen LogP contribution < -0.4 is 0 Å². The highest BCUT2D eigenvalue weighted by molar-refractivity contribution is 7.90. The SMILES string of the molecule is CN1CCCC1Cc1c(O)n(S(=O)(=O)c2ccccc2)c2ccccc12. The van der Waals surface area contributed by atoms with E-state index in [2.05, 4.69) is 11.9 Å². The molecule has 1 saturated heterocycles. The van der Waals surface area contributed by atoms with Gasteiger partial charge in [0.05, 0.1) is 10.4 Å². The maximum atomic E-state index is 13.2. The first-order chi connectivity index (χ1) is 12.5. The number of hydrogen-bond acceptors (Lipinski definition) is 4. The molecule has 26 heavy (non-hydrogen) atoms. The van der Waals surface area contributed by atoms with Gasteiger partial charge < -0.3 is 10.0 Å². The van der Waals surface area contributed by atoms with E-state index in [0.29, 0.717) is 23.5 Å². The summed E-state index contributed by atoms with van der Waals surface area (Å²) in [5.74, 6) is -0.171. The van der Waals surface area contributed by atoms with Crippen LogP contribution in [0, 0.1) is 0 Å². The maximum absolute atomic E-state index is 13.2.